The molecule has 1 aromatic carbocycles. The molecule has 0 N–H and O–H groups in total. The summed E-state index contributed by atoms with van der Waals surface area (Å²) in [7, 11) is 0. The van der Waals surface area contributed by atoms with E-state index in [-0.39, 0.29) is 18.1 Å². The van der Waals surface area contributed by atoms with Crippen molar-refractivity contribution in [3.63, 3.8) is 0 Å². The van der Waals surface area contributed by atoms with Gasteiger partial charge in [0.25, 0.3) is 5.91 Å². The molecule has 8 nitrogen and oxygen atoms in total. The van der Waals surface area contributed by atoms with Gasteiger partial charge in [0.15, 0.2) is 0 Å². The van der Waals surface area contributed by atoms with Crippen LogP contribution >= 0.6 is 0 Å². The van der Waals surface area contributed by atoms with E-state index in [9.17, 15) is 19.7 Å². The van der Waals surface area contributed by atoms with Crippen LogP contribution in [0.1, 0.15) is 101 Å². The number of unbranched alkanes of at least 4 members (excludes halogenated alkanes) is 8. The number of hydrogen-bond acceptors (Lipinski definition) is 6. The highest BCUT2D eigenvalue weighted by Crippen LogP contribution is 2.25. The fourth-order valence-corrected chi connectivity index (χ4v) is 3.59. The highest BCUT2D eigenvalue weighted by Gasteiger charge is 2.24. The molecule has 0 aliphatic heterocycles. The van der Waals surface area contributed by atoms with E-state index in [2.05, 4.69) is 11.8 Å². The van der Waals surface area contributed by atoms with Crippen LogP contribution in [-0.2, 0) is 20.8 Å². The Kier molecular flexibility index (Phi) is 14.8. The molecular weight excluding hydrogens is 424 g/mol. The summed E-state index contributed by atoms with van der Waals surface area (Å²) < 4.78 is 5.51. The average molecular weight is 465 g/mol. The van der Waals surface area contributed by atoms with E-state index in [1.165, 1.54) is 37.0 Å². The normalized spacial score (nSPS) is 10.8. The predicted molar refractivity (Wildman–Crippen MR) is 129 cm³/mol. The van der Waals surface area contributed by atoms with Crippen molar-refractivity contribution in [2.24, 2.45) is 0 Å². The summed E-state index contributed by atoms with van der Waals surface area (Å²) >= 11 is 0. The van der Waals surface area contributed by atoms with Gasteiger partial charge < -0.3 is 9.64 Å². The van der Waals surface area contributed by atoms with Crippen LogP contribution in [-0.4, -0.2) is 36.7 Å². The smallest absolute Gasteiger partial charge is 0.336 e. The zero-order valence-corrected chi connectivity index (χ0v) is 20.5. The molecular formula is C25H40N2O6. The topological polar surface area (TPSA) is 99.0 Å². The molecule has 0 spiro atoms. The third-order valence-corrected chi connectivity index (χ3v) is 5.54. The molecule has 0 heterocycles. The summed E-state index contributed by atoms with van der Waals surface area (Å²) in [5.41, 5.74) is 1.17. The number of aryl methyl sites for hydroxylation is 1. The van der Waals surface area contributed by atoms with Crippen LogP contribution in [0.4, 0.5) is 5.69 Å². The lowest BCUT2D eigenvalue weighted by Crippen LogP contribution is -2.36. The van der Waals surface area contributed by atoms with Crippen LogP contribution in [0.3, 0.4) is 0 Å². The molecule has 1 rings (SSSR count). The molecule has 0 atom stereocenters. The summed E-state index contributed by atoms with van der Waals surface area (Å²) in [6, 6.07) is 5.06. The van der Waals surface area contributed by atoms with Crippen LogP contribution in [0.2, 0.25) is 0 Å². The van der Waals surface area contributed by atoms with Crippen molar-refractivity contribution in [1.82, 2.24) is 0 Å². The van der Waals surface area contributed by atoms with E-state index in [1.807, 2.05) is 19.9 Å². The maximum absolute atomic E-state index is 13.0. The van der Waals surface area contributed by atoms with E-state index in [1.54, 1.807) is 12.1 Å². The van der Waals surface area contributed by atoms with Crippen LogP contribution in [0.5, 0.6) is 0 Å². The quantitative estimate of drug-likeness (QED) is 0.153. The van der Waals surface area contributed by atoms with Crippen molar-refractivity contribution >= 4 is 17.6 Å². The first-order valence-corrected chi connectivity index (χ1v) is 12.3. The van der Waals surface area contributed by atoms with E-state index in [0.29, 0.717) is 25.3 Å². The Morgan fingerprint density at radius 3 is 2.18 bits per heavy atom. The number of rotatable bonds is 18. The Balaban J connectivity index is 2.95. The van der Waals surface area contributed by atoms with E-state index in [4.69, 9.17) is 4.74 Å². The molecule has 186 valence electrons. The Morgan fingerprint density at radius 1 is 0.939 bits per heavy atom. The minimum absolute atomic E-state index is 0.0209. The first-order valence-electron chi connectivity index (χ1n) is 12.3. The van der Waals surface area contributed by atoms with Crippen molar-refractivity contribution < 1.29 is 24.3 Å². The molecule has 33 heavy (non-hydrogen) atoms. The van der Waals surface area contributed by atoms with Crippen molar-refractivity contribution in [3.8, 4) is 0 Å². The minimum Gasteiger partial charge on any atom is -0.372 e. The molecule has 1 aromatic rings. The third-order valence-electron chi connectivity index (χ3n) is 5.54. The molecule has 0 aromatic heterocycles. The van der Waals surface area contributed by atoms with Gasteiger partial charge in [-0.3, -0.25) is 9.59 Å². The first-order chi connectivity index (χ1) is 15.9. The molecule has 0 aliphatic carbocycles. The minimum atomic E-state index is -1.12. The highest BCUT2D eigenvalue weighted by atomic mass is 17.0. The number of nitrogens with zero attached hydrogens (tertiary/aromatic N) is 2. The number of anilines is 1. The summed E-state index contributed by atoms with van der Waals surface area (Å²) in [6.07, 6.45) is 11.4. The zero-order chi connectivity index (χ0) is 24.5. The molecule has 0 unspecified atom stereocenters. The predicted octanol–water partition coefficient (Wildman–Crippen LogP) is 5.89. The lowest BCUT2D eigenvalue weighted by molar-refractivity contribution is -0.727. The van der Waals surface area contributed by atoms with Crippen molar-refractivity contribution in [3.05, 3.63) is 39.4 Å². The monoisotopic (exact) mass is 464 g/mol. The molecule has 0 aliphatic rings. The lowest BCUT2D eigenvalue weighted by Gasteiger charge is -2.25. The summed E-state index contributed by atoms with van der Waals surface area (Å²) in [6.45, 7) is 6.95. The van der Waals surface area contributed by atoms with Gasteiger partial charge in [0.2, 0.25) is 0 Å². The summed E-state index contributed by atoms with van der Waals surface area (Å²) in [4.78, 5) is 41.9. The molecule has 0 bridgehead atoms. The lowest BCUT2D eigenvalue weighted by atomic mass is 10.0. The maximum Gasteiger partial charge on any atom is 0.336 e. The number of benzene rings is 1. The first kappa shape index (κ1) is 28.6. The van der Waals surface area contributed by atoms with Gasteiger partial charge in [-0.15, -0.1) is 10.1 Å². The second-order valence-corrected chi connectivity index (χ2v) is 8.23. The second-order valence-electron chi connectivity index (χ2n) is 8.23. The van der Waals surface area contributed by atoms with Crippen LogP contribution in [0.15, 0.2) is 18.2 Å². The summed E-state index contributed by atoms with van der Waals surface area (Å²) in [5, 5.41) is 9.63. The van der Waals surface area contributed by atoms with E-state index >= 15 is 0 Å². The Bertz CT molecular complexity index is 738. The maximum atomic E-state index is 13.0. The number of amides is 1. The van der Waals surface area contributed by atoms with Gasteiger partial charge in [0.05, 0.1) is 11.3 Å². The average Bonchev–Trinajstić information content (AvgIpc) is 2.80. The fraction of sp³-hybridized carbons (Fsp3) is 0.680. The van der Waals surface area contributed by atoms with Crippen LogP contribution in [0.25, 0.3) is 0 Å². The molecule has 1 amide bonds. The number of carbonyl (C=O) groups is 2. The molecule has 0 saturated heterocycles. The summed E-state index contributed by atoms with van der Waals surface area (Å²) in [5.74, 6) is -1.35. The van der Waals surface area contributed by atoms with Gasteiger partial charge in [0, 0.05) is 13.2 Å². The SMILES string of the molecule is CCCCCCCCCCN(C(=O)COCCCC)c1ccc(CC)cc1C(=O)O[N+](=O)[O-]. The van der Waals surface area contributed by atoms with Crippen molar-refractivity contribution in [2.75, 3.05) is 24.7 Å². The number of hydrogen-bond donors (Lipinski definition) is 0. The number of carbonyl (C=O) groups excluding carboxylic acids is 2. The van der Waals surface area contributed by atoms with Gasteiger partial charge in [-0.2, -0.15) is 0 Å². The zero-order valence-electron chi connectivity index (χ0n) is 20.5. The molecule has 0 fully saturated rings. The van der Waals surface area contributed by atoms with Crippen LogP contribution < -0.4 is 4.90 Å². The van der Waals surface area contributed by atoms with Gasteiger partial charge in [0.1, 0.15) is 6.61 Å². The third kappa shape index (κ3) is 11.3. The molecule has 0 saturated carbocycles. The van der Waals surface area contributed by atoms with Gasteiger partial charge in [-0.1, -0.05) is 78.2 Å². The van der Waals surface area contributed by atoms with E-state index in [0.717, 1.165) is 37.7 Å². The van der Waals surface area contributed by atoms with Gasteiger partial charge in [-0.25, -0.2) is 4.84 Å². The Labute approximate surface area is 197 Å². The molecule has 0 radical (unpaired) electrons. The largest absolute Gasteiger partial charge is 0.372 e. The fourth-order valence-electron chi connectivity index (χ4n) is 3.59. The standard InChI is InChI=1S/C25H40N2O6/c1-4-7-9-10-11-12-13-14-17-26(24(28)20-32-18-8-5-2)23-16-15-21(6-3)19-22(23)25(29)33-27(30)31/h15-16,19H,4-14,17-18,20H2,1-3H3. The van der Waals surface area contributed by atoms with Crippen molar-refractivity contribution in [1.29, 1.82) is 0 Å². The van der Waals surface area contributed by atoms with E-state index < -0.39 is 11.1 Å². The van der Waals surface area contributed by atoms with Crippen LogP contribution in [0, 0.1) is 10.1 Å². The Morgan fingerprint density at radius 2 is 1.58 bits per heavy atom. The molecule has 8 heteroatoms. The van der Waals surface area contributed by atoms with Gasteiger partial charge >= 0.3 is 11.1 Å². The highest BCUT2D eigenvalue weighted by molar-refractivity contribution is 6.03. The van der Waals surface area contributed by atoms with Gasteiger partial charge in [-0.05, 0) is 37.0 Å². The number of ether oxygens (including phenoxy) is 1. The van der Waals surface area contributed by atoms with Crippen molar-refractivity contribution in [2.45, 2.75) is 91.4 Å². The Hall–Kier alpha value is -2.48. The second kappa shape index (κ2) is 17.1.